The Morgan fingerprint density at radius 1 is 1.06 bits per heavy atom. The van der Waals surface area contributed by atoms with Crippen LogP contribution in [0.4, 0.5) is 8.78 Å². The van der Waals surface area contributed by atoms with Crippen molar-refractivity contribution in [2.45, 2.75) is 0 Å². The number of hydrogen-bond acceptors (Lipinski definition) is 2. The third-order valence-corrected chi connectivity index (χ3v) is 2.49. The zero-order chi connectivity index (χ0) is 13.1. The van der Waals surface area contributed by atoms with Crippen molar-refractivity contribution < 1.29 is 13.5 Å². The van der Waals surface area contributed by atoms with Gasteiger partial charge in [-0.2, -0.15) is 0 Å². The summed E-state index contributed by atoms with van der Waals surface area (Å²) < 4.78 is 31.5. The van der Waals surface area contributed by atoms with Gasteiger partial charge in [-0.05, 0) is 24.3 Å². The Labute approximate surface area is 108 Å². The molecule has 0 radical (unpaired) electrons. The molecule has 0 fully saturated rings. The van der Waals surface area contributed by atoms with Gasteiger partial charge in [-0.15, -0.1) is 0 Å². The van der Waals surface area contributed by atoms with Crippen molar-refractivity contribution in [2.75, 3.05) is 0 Å². The summed E-state index contributed by atoms with van der Waals surface area (Å²) in [4.78, 5) is 0.146. The highest BCUT2D eigenvalue weighted by molar-refractivity contribution is 7.80. The van der Waals surface area contributed by atoms with Gasteiger partial charge in [0.15, 0.2) is 11.6 Å². The van der Waals surface area contributed by atoms with Crippen LogP contribution in [-0.4, -0.2) is 4.99 Å². The lowest BCUT2D eigenvalue weighted by Crippen LogP contribution is -2.10. The first-order valence-electron chi connectivity index (χ1n) is 5.09. The van der Waals surface area contributed by atoms with E-state index in [0.29, 0.717) is 11.3 Å². The summed E-state index contributed by atoms with van der Waals surface area (Å²) in [5.41, 5.74) is 6.02. The van der Waals surface area contributed by atoms with Crippen LogP contribution < -0.4 is 10.5 Å². The number of nitrogens with two attached hydrogens (primary N) is 1. The summed E-state index contributed by atoms with van der Waals surface area (Å²) in [6.07, 6.45) is 0. The fourth-order valence-electron chi connectivity index (χ4n) is 1.44. The zero-order valence-electron chi connectivity index (χ0n) is 9.19. The number of para-hydroxylation sites is 1. The summed E-state index contributed by atoms with van der Waals surface area (Å²) in [5.74, 6) is -1.20. The molecule has 0 heterocycles. The van der Waals surface area contributed by atoms with Gasteiger partial charge in [0.05, 0.1) is 5.56 Å². The first-order valence-corrected chi connectivity index (χ1v) is 5.50. The zero-order valence-corrected chi connectivity index (χ0v) is 10.0. The number of benzene rings is 2. The van der Waals surface area contributed by atoms with E-state index < -0.39 is 11.6 Å². The van der Waals surface area contributed by atoms with E-state index in [-0.39, 0.29) is 10.7 Å². The lowest BCUT2D eigenvalue weighted by atomic mass is 10.2. The Morgan fingerprint density at radius 2 is 1.78 bits per heavy atom. The molecule has 0 aromatic heterocycles. The molecule has 0 spiro atoms. The van der Waals surface area contributed by atoms with Gasteiger partial charge in [-0.1, -0.05) is 24.4 Å². The van der Waals surface area contributed by atoms with Gasteiger partial charge in [0, 0.05) is 6.07 Å². The maximum atomic E-state index is 13.4. The van der Waals surface area contributed by atoms with Gasteiger partial charge in [-0.25, -0.2) is 8.78 Å². The molecule has 2 nitrogen and oxygen atoms in total. The lowest BCUT2D eigenvalue weighted by molar-refractivity contribution is 0.437. The van der Waals surface area contributed by atoms with Crippen LogP contribution in [-0.2, 0) is 0 Å². The molecule has 2 rings (SSSR count). The Hall–Kier alpha value is -2.01. The second-order valence-corrected chi connectivity index (χ2v) is 3.98. The molecule has 0 unspecified atom stereocenters. The molecule has 18 heavy (non-hydrogen) atoms. The summed E-state index contributed by atoms with van der Waals surface area (Å²) in [5, 5.41) is 0. The highest BCUT2D eigenvalue weighted by atomic mass is 32.1. The number of rotatable bonds is 3. The summed E-state index contributed by atoms with van der Waals surface area (Å²) in [7, 11) is 0. The van der Waals surface area contributed by atoms with Crippen LogP contribution in [0.1, 0.15) is 5.56 Å². The lowest BCUT2D eigenvalue weighted by Gasteiger charge is -2.10. The largest absolute Gasteiger partial charge is 0.454 e. The quantitative estimate of drug-likeness (QED) is 0.864. The standard InChI is InChI=1S/C13H9F2NOS/c14-8-5-6-12(10(15)7-8)17-11-4-2-1-3-9(11)13(16)18/h1-7H,(H2,16,18). The van der Waals surface area contributed by atoms with Gasteiger partial charge in [-0.3, -0.25) is 0 Å². The van der Waals surface area contributed by atoms with Crippen LogP contribution in [0.25, 0.3) is 0 Å². The molecule has 2 aromatic rings. The average molecular weight is 265 g/mol. The van der Waals surface area contributed by atoms with Gasteiger partial charge in [0.1, 0.15) is 16.6 Å². The molecular formula is C13H9F2NOS. The van der Waals surface area contributed by atoms with Crippen LogP contribution in [0.15, 0.2) is 42.5 Å². The van der Waals surface area contributed by atoms with Gasteiger partial charge >= 0.3 is 0 Å². The monoisotopic (exact) mass is 265 g/mol. The molecule has 0 atom stereocenters. The Bertz CT molecular complexity index is 601. The van der Waals surface area contributed by atoms with Crippen LogP contribution in [0.5, 0.6) is 11.5 Å². The first kappa shape index (κ1) is 12.4. The van der Waals surface area contributed by atoms with Crippen LogP contribution in [0.3, 0.4) is 0 Å². The number of halogens is 2. The van der Waals surface area contributed by atoms with Gasteiger partial charge < -0.3 is 10.5 Å². The third-order valence-electron chi connectivity index (χ3n) is 2.27. The minimum absolute atomic E-state index is 0.0832. The van der Waals surface area contributed by atoms with Crippen LogP contribution in [0.2, 0.25) is 0 Å². The predicted molar refractivity (Wildman–Crippen MR) is 68.8 cm³/mol. The molecule has 2 aromatic carbocycles. The minimum Gasteiger partial charge on any atom is -0.454 e. The van der Waals surface area contributed by atoms with Gasteiger partial charge in [0.2, 0.25) is 0 Å². The number of ether oxygens (including phenoxy) is 1. The number of thiocarbonyl (C=S) groups is 1. The molecule has 0 amide bonds. The van der Waals surface area contributed by atoms with E-state index in [0.717, 1.165) is 12.1 Å². The van der Waals surface area contributed by atoms with E-state index in [1.165, 1.54) is 6.07 Å². The smallest absolute Gasteiger partial charge is 0.168 e. The molecule has 0 aliphatic rings. The fourth-order valence-corrected chi connectivity index (χ4v) is 1.60. The molecule has 0 aliphatic heterocycles. The fraction of sp³-hybridized carbons (Fsp3) is 0. The van der Waals surface area contributed by atoms with Crippen LogP contribution >= 0.6 is 12.2 Å². The van der Waals surface area contributed by atoms with Crippen molar-refractivity contribution in [3.63, 3.8) is 0 Å². The first-order chi connectivity index (χ1) is 8.58. The van der Waals surface area contributed by atoms with Crippen molar-refractivity contribution in [2.24, 2.45) is 5.73 Å². The topological polar surface area (TPSA) is 35.2 Å². The normalized spacial score (nSPS) is 10.1. The SMILES string of the molecule is NC(=S)c1ccccc1Oc1ccc(F)cc1F. The molecule has 0 saturated heterocycles. The van der Waals surface area contributed by atoms with Crippen molar-refractivity contribution >= 4 is 17.2 Å². The van der Waals surface area contributed by atoms with E-state index >= 15 is 0 Å². The highest BCUT2D eigenvalue weighted by Gasteiger charge is 2.10. The van der Waals surface area contributed by atoms with E-state index in [9.17, 15) is 8.78 Å². The van der Waals surface area contributed by atoms with Crippen molar-refractivity contribution in [1.82, 2.24) is 0 Å². The Balaban J connectivity index is 2.37. The molecule has 5 heteroatoms. The highest BCUT2D eigenvalue weighted by Crippen LogP contribution is 2.27. The molecule has 0 bridgehead atoms. The molecular weight excluding hydrogens is 256 g/mol. The van der Waals surface area contributed by atoms with E-state index in [1.54, 1.807) is 24.3 Å². The summed E-state index contributed by atoms with van der Waals surface area (Å²) in [6, 6.07) is 9.79. The summed E-state index contributed by atoms with van der Waals surface area (Å²) >= 11 is 4.86. The summed E-state index contributed by atoms with van der Waals surface area (Å²) in [6.45, 7) is 0. The Morgan fingerprint density at radius 3 is 2.44 bits per heavy atom. The van der Waals surface area contributed by atoms with Crippen LogP contribution in [0, 0.1) is 11.6 Å². The molecule has 0 saturated carbocycles. The van der Waals surface area contributed by atoms with Crippen molar-refractivity contribution in [3.05, 3.63) is 59.7 Å². The average Bonchev–Trinajstić information content (AvgIpc) is 2.33. The van der Waals surface area contributed by atoms with E-state index in [1.807, 2.05) is 0 Å². The van der Waals surface area contributed by atoms with Crippen molar-refractivity contribution in [1.29, 1.82) is 0 Å². The van der Waals surface area contributed by atoms with E-state index in [2.05, 4.69) is 0 Å². The maximum Gasteiger partial charge on any atom is 0.168 e. The predicted octanol–water partition coefficient (Wildman–Crippen LogP) is 3.39. The second kappa shape index (κ2) is 5.10. The number of hydrogen-bond donors (Lipinski definition) is 1. The van der Waals surface area contributed by atoms with Crippen molar-refractivity contribution in [3.8, 4) is 11.5 Å². The third kappa shape index (κ3) is 2.62. The van der Waals surface area contributed by atoms with E-state index in [4.69, 9.17) is 22.7 Å². The maximum absolute atomic E-state index is 13.4. The minimum atomic E-state index is -0.784. The Kier molecular flexibility index (Phi) is 3.53. The second-order valence-electron chi connectivity index (χ2n) is 3.54. The molecule has 0 aliphatic carbocycles. The molecule has 92 valence electrons. The molecule has 2 N–H and O–H groups in total. The van der Waals surface area contributed by atoms with Gasteiger partial charge in [0.25, 0.3) is 0 Å².